The van der Waals surface area contributed by atoms with E-state index in [0.717, 1.165) is 6.54 Å². The first-order valence-electron chi connectivity index (χ1n) is 3.88. The summed E-state index contributed by atoms with van der Waals surface area (Å²) >= 11 is 0. The van der Waals surface area contributed by atoms with Crippen LogP contribution in [0.1, 0.15) is 19.8 Å². The average Bonchev–Trinajstić information content (AvgIpc) is 2.31. The zero-order valence-corrected chi connectivity index (χ0v) is 6.64. The molecule has 0 unspecified atom stereocenters. The Bertz CT molecular complexity index is 147. The number of rotatable bonds is 2. The quantitative estimate of drug-likeness (QED) is 0.527. The maximum atomic E-state index is 3.98. The predicted molar refractivity (Wildman–Crippen MR) is 44.8 cm³/mol. The van der Waals surface area contributed by atoms with Gasteiger partial charge in [0.2, 0.25) is 0 Å². The minimum Gasteiger partial charge on any atom is -0.372 e. The Hall–Kier alpha value is -0.720. The Labute approximate surface area is 63.0 Å². The second-order valence-electron chi connectivity index (χ2n) is 2.68. The van der Waals surface area contributed by atoms with Gasteiger partial charge in [-0.25, -0.2) is 0 Å². The van der Waals surface area contributed by atoms with E-state index >= 15 is 0 Å². The molecule has 0 aromatic carbocycles. The van der Waals surface area contributed by atoms with Gasteiger partial charge in [-0.2, -0.15) is 0 Å². The Balaban J connectivity index is 2.33. The molecule has 1 aliphatic rings. The van der Waals surface area contributed by atoms with Gasteiger partial charge in [0.25, 0.3) is 0 Å². The molecule has 1 rings (SSSR count). The van der Waals surface area contributed by atoms with Gasteiger partial charge in [0.1, 0.15) is 0 Å². The van der Waals surface area contributed by atoms with Gasteiger partial charge in [-0.3, -0.25) is 0 Å². The zero-order chi connectivity index (χ0) is 7.40. The second-order valence-corrected chi connectivity index (χ2v) is 2.68. The lowest BCUT2D eigenvalue weighted by Crippen LogP contribution is -2.16. The minimum atomic E-state index is 1.05. The molecular formula is C9H15N. The molecule has 1 aliphatic heterocycles. The van der Waals surface area contributed by atoms with E-state index in [4.69, 9.17) is 0 Å². The molecule has 0 aliphatic carbocycles. The number of allylic oxidation sites excluding steroid dienone is 2. The van der Waals surface area contributed by atoms with Crippen LogP contribution in [0.2, 0.25) is 0 Å². The lowest BCUT2D eigenvalue weighted by atomic mass is 10.3. The molecule has 0 N–H and O–H groups in total. The van der Waals surface area contributed by atoms with E-state index < -0.39 is 0 Å². The van der Waals surface area contributed by atoms with Crippen LogP contribution in [0, 0.1) is 0 Å². The maximum absolute atomic E-state index is 3.98. The summed E-state index contributed by atoms with van der Waals surface area (Å²) in [5, 5.41) is 0. The Morgan fingerprint density at radius 3 is 3.00 bits per heavy atom. The lowest BCUT2D eigenvalue weighted by Gasteiger charge is -2.15. The largest absolute Gasteiger partial charge is 0.372 e. The number of nitrogens with zero attached hydrogens (tertiary/aromatic N) is 1. The molecule has 1 saturated heterocycles. The minimum absolute atomic E-state index is 1.05. The van der Waals surface area contributed by atoms with Crippen molar-refractivity contribution in [2.24, 2.45) is 0 Å². The summed E-state index contributed by atoms with van der Waals surface area (Å²) in [5.74, 6) is 0. The first kappa shape index (κ1) is 7.39. The predicted octanol–water partition coefficient (Wildman–Crippen LogP) is 2.17. The first-order chi connectivity index (χ1) is 4.84. The highest BCUT2D eigenvalue weighted by Gasteiger charge is 2.11. The van der Waals surface area contributed by atoms with Gasteiger partial charge >= 0.3 is 0 Å². The monoisotopic (exact) mass is 137 g/mol. The number of hydrogen-bond acceptors (Lipinski definition) is 1. The summed E-state index contributed by atoms with van der Waals surface area (Å²) < 4.78 is 0. The molecule has 1 heterocycles. The molecule has 10 heavy (non-hydrogen) atoms. The summed E-state index contributed by atoms with van der Waals surface area (Å²) in [7, 11) is 0. The molecule has 1 fully saturated rings. The van der Waals surface area contributed by atoms with Crippen LogP contribution in [-0.4, -0.2) is 18.0 Å². The van der Waals surface area contributed by atoms with E-state index in [0.29, 0.717) is 0 Å². The lowest BCUT2D eigenvalue weighted by molar-refractivity contribution is 0.438. The highest BCUT2D eigenvalue weighted by Crippen LogP contribution is 2.17. The molecule has 0 aromatic heterocycles. The number of likely N-dealkylation sites (tertiary alicyclic amines) is 1. The van der Waals surface area contributed by atoms with Crippen molar-refractivity contribution < 1.29 is 0 Å². The van der Waals surface area contributed by atoms with Crippen molar-refractivity contribution in [2.45, 2.75) is 19.8 Å². The zero-order valence-electron chi connectivity index (χ0n) is 6.64. The fourth-order valence-corrected chi connectivity index (χ4v) is 1.24. The molecule has 1 heteroatoms. The van der Waals surface area contributed by atoms with Crippen molar-refractivity contribution in [3.63, 3.8) is 0 Å². The average molecular weight is 137 g/mol. The summed E-state index contributed by atoms with van der Waals surface area (Å²) in [6, 6.07) is 0. The molecule has 56 valence electrons. The van der Waals surface area contributed by atoms with Crippen LogP contribution in [-0.2, 0) is 0 Å². The first-order valence-corrected chi connectivity index (χ1v) is 3.88. The van der Waals surface area contributed by atoms with E-state index in [1.807, 2.05) is 0 Å². The smallest absolute Gasteiger partial charge is 0.0356 e. The molecule has 0 spiro atoms. The van der Waals surface area contributed by atoms with Gasteiger partial charge in [0.15, 0.2) is 0 Å². The van der Waals surface area contributed by atoms with Crippen LogP contribution >= 0.6 is 0 Å². The Morgan fingerprint density at radius 2 is 2.50 bits per heavy atom. The Kier molecular flexibility index (Phi) is 2.55. The van der Waals surface area contributed by atoms with E-state index in [1.54, 1.807) is 0 Å². The van der Waals surface area contributed by atoms with Gasteiger partial charge in [-0.15, -0.1) is 0 Å². The fourth-order valence-electron chi connectivity index (χ4n) is 1.24. The normalized spacial score (nSPS) is 19.3. The summed E-state index contributed by atoms with van der Waals surface area (Å²) in [6.45, 7) is 8.28. The van der Waals surface area contributed by atoms with Gasteiger partial charge in [0, 0.05) is 18.8 Å². The molecule has 0 aromatic rings. The maximum Gasteiger partial charge on any atom is 0.0356 e. The SMILES string of the molecule is C=C1CCCN1CC=CC. The van der Waals surface area contributed by atoms with Gasteiger partial charge in [-0.1, -0.05) is 18.7 Å². The molecule has 0 bridgehead atoms. The third-order valence-electron chi connectivity index (χ3n) is 1.90. The highest BCUT2D eigenvalue weighted by atomic mass is 15.1. The van der Waals surface area contributed by atoms with Crippen molar-refractivity contribution >= 4 is 0 Å². The van der Waals surface area contributed by atoms with E-state index in [2.05, 4.69) is 30.6 Å². The highest BCUT2D eigenvalue weighted by molar-refractivity contribution is 5.01. The third kappa shape index (κ3) is 1.63. The molecule has 0 radical (unpaired) electrons. The van der Waals surface area contributed by atoms with Gasteiger partial charge < -0.3 is 4.90 Å². The van der Waals surface area contributed by atoms with Crippen molar-refractivity contribution in [2.75, 3.05) is 13.1 Å². The third-order valence-corrected chi connectivity index (χ3v) is 1.90. The van der Waals surface area contributed by atoms with Crippen LogP contribution in [0.3, 0.4) is 0 Å². The summed E-state index contributed by atoms with van der Waals surface area (Å²) in [6.07, 6.45) is 6.75. The van der Waals surface area contributed by atoms with Crippen LogP contribution in [0.25, 0.3) is 0 Å². The topological polar surface area (TPSA) is 3.24 Å². The van der Waals surface area contributed by atoms with E-state index in [-0.39, 0.29) is 0 Å². The van der Waals surface area contributed by atoms with Crippen LogP contribution in [0.15, 0.2) is 24.4 Å². The number of hydrogen-bond donors (Lipinski definition) is 0. The van der Waals surface area contributed by atoms with E-state index in [1.165, 1.54) is 25.1 Å². The van der Waals surface area contributed by atoms with Crippen molar-refractivity contribution in [3.05, 3.63) is 24.4 Å². The van der Waals surface area contributed by atoms with Crippen LogP contribution in [0.5, 0.6) is 0 Å². The molecule has 0 atom stereocenters. The van der Waals surface area contributed by atoms with E-state index in [9.17, 15) is 0 Å². The molecule has 0 saturated carbocycles. The van der Waals surface area contributed by atoms with Crippen LogP contribution < -0.4 is 0 Å². The van der Waals surface area contributed by atoms with Crippen molar-refractivity contribution in [1.29, 1.82) is 0 Å². The summed E-state index contributed by atoms with van der Waals surface area (Å²) in [5.41, 5.74) is 1.30. The van der Waals surface area contributed by atoms with Gasteiger partial charge in [0.05, 0.1) is 0 Å². The molecular weight excluding hydrogens is 122 g/mol. The fraction of sp³-hybridized carbons (Fsp3) is 0.556. The molecule has 1 nitrogen and oxygen atoms in total. The van der Waals surface area contributed by atoms with Crippen molar-refractivity contribution in [1.82, 2.24) is 4.90 Å². The standard InChI is InChI=1S/C9H15N/c1-3-4-7-10-8-5-6-9(10)2/h3-4H,2,5-8H2,1H3. The van der Waals surface area contributed by atoms with Crippen molar-refractivity contribution in [3.8, 4) is 0 Å². The van der Waals surface area contributed by atoms with Crippen LogP contribution in [0.4, 0.5) is 0 Å². The second kappa shape index (κ2) is 3.45. The molecule has 0 amide bonds. The van der Waals surface area contributed by atoms with Gasteiger partial charge in [-0.05, 0) is 19.8 Å². The Morgan fingerprint density at radius 1 is 1.70 bits per heavy atom. The summed E-state index contributed by atoms with van der Waals surface area (Å²) in [4.78, 5) is 2.33.